The van der Waals surface area contributed by atoms with Gasteiger partial charge in [-0.2, -0.15) is 4.98 Å². The third-order valence-electron chi connectivity index (χ3n) is 2.87. The topological polar surface area (TPSA) is 56.3 Å². The van der Waals surface area contributed by atoms with Crippen LogP contribution in [-0.2, 0) is 0 Å². The fourth-order valence-electron chi connectivity index (χ4n) is 1.94. The van der Waals surface area contributed by atoms with Gasteiger partial charge in [-0.15, -0.1) is 0 Å². The van der Waals surface area contributed by atoms with E-state index in [4.69, 9.17) is 9.47 Å². The van der Waals surface area contributed by atoms with Crippen LogP contribution in [0.2, 0.25) is 0 Å². The Morgan fingerprint density at radius 2 is 2.35 bits per heavy atom. The second kappa shape index (κ2) is 5.82. The van der Waals surface area contributed by atoms with Gasteiger partial charge in [0.15, 0.2) is 0 Å². The summed E-state index contributed by atoms with van der Waals surface area (Å²) in [6.07, 6.45) is 2.42. The van der Waals surface area contributed by atoms with Gasteiger partial charge in [0.25, 0.3) is 0 Å². The van der Waals surface area contributed by atoms with Gasteiger partial charge in [-0.3, -0.25) is 0 Å². The lowest BCUT2D eigenvalue weighted by molar-refractivity contribution is 0.202. The number of aromatic nitrogens is 2. The van der Waals surface area contributed by atoms with Crippen molar-refractivity contribution in [1.29, 1.82) is 0 Å². The number of hydrogen-bond donors (Lipinski definition) is 1. The van der Waals surface area contributed by atoms with Crippen LogP contribution >= 0.6 is 0 Å². The Kier molecular flexibility index (Phi) is 4.14. The molecule has 2 rings (SSSR count). The number of methoxy groups -OCH3 is 1. The summed E-state index contributed by atoms with van der Waals surface area (Å²) in [4.78, 5) is 8.39. The first-order chi connectivity index (χ1) is 8.28. The van der Waals surface area contributed by atoms with Crippen molar-refractivity contribution in [3.8, 4) is 11.9 Å². The fraction of sp³-hybridized carbons (Fsp3) is 0.667. The molecule has 1 fully saturated rings. The van der Waals surface area contributed by atoms with Gasteiger partial charge in [0, 0.05) is 24.2 Å². The normalized spacial score (nSPS) is 20.0. The lowest BCUT2D eigenvalue weighted by Crippen LogP contribution is -2.33. The molecule has 1 unspecified atom stereocenters. The van der Waals surface area contributed by atoms with Gasteiger partial charge < -0.3 is 14.8 Å². The lowest BCUT2D eigenvalue weighted by atomic mass is 10.0. The zero-order valence-corrected chi connectivity index (χ0v) is 10.4. The number of piperidine rings is 1. The molecule has 94 valence electrons. The molecule has 1 N–H and O–H groups in total. The molecule has 0 saturated carbocycles. The standard InChI is InChI=1S/C12H19N3O2/c1-9-6-11(16-2)15-12(14-9)17-8-10-4-3-5-13-7-10/h6,10,13H,3-5,7-8H2,1-2H3. The quantitative estimate of drug-likeness (QED) is 0.852. The Labute approximate surface area is 102 Å². The minimum absolute atomic E-state index is 0.410. The highest BCUT2D eigenvalue weighted by molar-refractivity contribution is 5.17. The minimum Gasteiger partial charge on any atom is -0.481 e. The maximum Gasteiger partial charge on any atom is 0.319 e. The van der Waals surface area contributed by atoms with Crippen LogP contribution in [0.5, 0.6) is 11.9 Å². The first-order valence-corrected chi connectivity index (χ1v) is 6.01. The van der Waals surface area contributed by atoms with E-state index in [1.807, 2.05) is 6.92 Å². The van der Waals surface area contributed by atoms with Crippen molar-refractivity contribution in [3.63, 3.8) is 0 Å². The molecular formula is C12H19N3O2. The highest BCUT2D eigenvalue weighted by Crippen LogP contribution is 2.15. The van der Waals surface area contributed by atoms with Gasteiger partial charge in [0.1, 0.15) is 0 Å². The van der Waals surface area contributed by atoms with Gasteiger partial charge >= 0.3 is 6.01 Å². The van der Waals surface area contributed by atoms with Gasteiger partial charge in [-0.25, -0.2) is 4.98 Å². The Morgan fingerprint density at radius 3 is 3.06 bits per heavy atom. The molecule has 5 nitrogen and oxygen atoms in total. The summed E-state index contributed by atoms with van der Waals surface area (Å²) in [5.41, 5.74) is 0.855. The van der Waals surface area contributed by atoms with Crippen LogP contribution in [0.1, 0.15) is 18.5 Å². The molecule has 1 saturated heterocycles. The molecule has 1 atom stereocenters. The van der Waals surface area contributed by atoms with Crippen molar-refractivity contribution in [2.24, 2.45) is 5.92 Å². The van der Waals surface area contributed by atoms with Gasteiger partial charge in [0.2, 0.25) is 5.88 Å². The van der Waals surface area contributed by atoms with Crippen molar-refractivity contribution < 1.29 is 9.47 Å². The largest absolute Gasteiger partial charge is 0.481 e. The third-order valence-corrected chi connectivity index (χ3v) is 2.87. The first-order valence-electron chi connectivity index (χ1n) is 6.01. The van der Waals surface area contributed by atoms with E-state index in [9.17, 15) is 0 Å². The second-order valence-corrected chi connectivity index (χ2v) is 4.36. The van der Waals surface area contributed by atoms with E-state index in [1.165, 1.54) is 12.8 Å². The van der Waals surface area contributed by atoms with Crippen molar-refractivity contribution in [1.82, 2.24) is 15.3 Å². The predicted molar refractivity (Wildman–Crippen MR) is 64.4 cm³/mol. The van der Waals surface area contributed by atoms with Crippen molar-refractivity contribution in [2.75, 3.05) is 26.8 Å². The molecule has 0 amide bonds. The SMILES string of the molecule is COc1cc(C)nc(OCC2CCCNC2)n1. The van der Waals surface area contributed by atoms with Gasteiger partial charge in [0.05, 0.1) is 13.7 Å². The Morgan fingerprint density at radius 1 is 1.47 bits per heavy atom. The summed E-state index contributed by atoms with van der Waals surface area (Å²) >= 11 is 0. The maximum absolute atomic E-state index is 5.63. The Bertz CT molecular complexity index is 365. The predicted octanol–water partition coefficient (Wildman–Crippen LogP) is 1.17. The Hall–Kier alpha value is -1.36. The zero-order valence-electron chi connectivity index (χ0n) is 10.4. The van der Waals surface area contributed by atoms with E-state index in [1.54, 1.807) is 13.2 Å². The zero-order chi connectivity index (χ0) is 12.1. The van der Waals surface area contributed by atoms with Crippen molar-refractivity contribution in [2.45, 2.75) is 19.8 Å². The maximum atomic E-state index is 5.63. The highest BCUT2D eigenvalue weighted by Gasteiger charge is 2.14. The van der Waals surface area contributed by atoms with Crippen LogP contribution in [0.3, 0.4) is 0 Å². The molecule has 5 heteroatoms. The van der Waals surface area contributed by atoms with Crippen LogP contribution in [0.15, 0.2) is 6.07 Å². The summed E-state index contributed by atoms with van der Waals surface area (Å²) in [5, 5.41) is 3.36. The summed E-state index contributed by atoms with van der Waals surface area (Å²) in [7, 11) is 1.59. The first kappa shape index (κ1) is 12.1. The molecule has 0 bridgehead atoms. The van der Waals surface area contributed by atoms with Gasteiger partial charge in [-0.1, -0.05) is 0 Å². The van der Waals surface area contributed by atoms with Gasteiger partial charge in [-0.05, 0) is 26.3 Å². The van der Waals surface area contributed by atoms with E-state index in [0.717, 1.165) is 18.8 Å². The van der Waals surface area contributed by atoms with Crippen LogP contribution in [0.25, 0.3) is 0 Å². The number of ether oxygens (including phenoxy) is 2. The van der Waals surface area contributed by atoms with Crippen LogP contribution in [0, 0.1) is 12.8 Å². The molecule has 1 aromatic rings. The number of rotatable bonds is 4. The van der Waals surface area contributed by atoms with Crippen molar-refractivity contribution in [3.05, 3.63) is 11.8 Å². The molecule has 17 heavy (non-hydrogen) atoms. The van der Waals surface area contributed by atoms with E-state index in [2.05, 4.69) is 15.3 Å². The molecule has 1 aromatic heterocycles. The summed E-state index contributed by atoms with van der Waals surface area (Å²) in [5.74, 6) is 1.10. The van der Waals surface area contributed by atoms with Crippen LogP contribution < -0.4 is 14.8 Å². The number of aryl methyl sites for hydroxylation is 1. The molecule has 0 aliphatic carbocycles. The molecule has 2 heterocycles. The monoisotopic (exact) mass is 237 g/mol. The molecular weight excluding hydrogens is 218 g/mol. The second-order valence-electron chi connectivity index (χ2n) is 4.36. The fourth-order valence-corrected chi connectivity index (χ4v) is 1.94. The Balaban J connectivity index is 1.91. The summed E-state index contributed by atoms with van der Waals surface area (Å²) in [6.45, 7) is 4.70. The number of hydrogen-bond acceptors (Lipinski definition) is 5. The number of nitrogens with one attached hydrogen (secondary N) is 1. The molecule has 0 aromatic carbocycles. The van der Waals surface area contributed by atoms with Crippen molar-refractivity contribution >= 4 is 0 Å². The third kappa shape index (κ3) is 3.56. The summed E-state index contributed by atoms with van der Waals surface area (Å²) < 4.78 is 10.7. The highest BCUT2D eigenvalue weighted by atomic mass is 16.5. The molecule has 0 spiro atoms. The van der Waals surface area contributed by atoms with Crippen LogP contribution in [-0.4, -0.2) is 36.8 Å². The molecule has 1 aliphatic heterocycles. The van der Waals surface area contributed by atoms with E-state index in [-0.39, 0.29) is 0 Å². The molecule has 1 aliphatic rings. The smallest absolute Gasteiger partial charge is 0.319 e. The average molecular weight is 237 g/mol. The summed E-state index contributed by atoms with van der Waals surface area (Å²) in [6, 6.07) is 2.20. The van der Waals surface area contributed by atoms with E-state index < -0.39 is 0 Å². The minimum atomic E-state index is 0.410. The lowest BCUT2D eigenvalue weighted by Gasteiger charge is -2.22. The van der Waals surface area contributed by atoms with E-state index >= 15 is 0 Å². The average Bonchev–Trinajstić information content (AvgIpc) is 2.37. The van der Waals surface area contributed by atoms with Crippen LogP contribution in [0.4, 0.5) is 0 Å². The molecule has 0 radical (unpaired) electrons. The van der Waals surface area contributed by atoms with E-state index in [0.29, 0.717) is 24.4 Å². The number of nitrogens with zero attached hydrogens (tertiary/aromatic N) is 2.